The number of sulfone groups is 1. The molecule has 9 heteroatoms. The second kappa shape index (κ2) is 8.61. The summed E-state index contributed by atoms with van der Waals surface area (Å²) in [5, 5.41) is 5.42. The highest BCUT2D eigenvalue weighted by molar-refractivity contribution is 7.93. The molecule has 0 saturated heterocycles. The monoisotopic (exact) mass is 397 g/mol. The minimum absolute atomic E-state index is 0.110. The standard InChI is InChI=1S/C17H23N3O4S2/c1-4-13-9-14(11(2)20-17(13)22)15-5-6-16(25-15)26(23,24)10-18-7-8-19-12(3)21/h5-6,9,18H,4,7-8,10H2,1-3H3,(H,19,21)(H,20,22). The molecule has 0 unspecified atom stereocenters. The van der Waals surface area contributed by atoms with Crippen molar-refractivity contribution in [3.63, 3.8) is 0 Å². The Kier molecular flexibility index (Phi) is 6.74. The van der Waals surface area contributed by atoms with E-state index in [2.05, 4.69) is 15.6 Å². The maximum absolute atomic E-state index is 12.4. The van der Waals surface area contributed by atoms with Crippen LogP contribution in [0.25, 0.3) is 10.4 Å². The molecule has 0 aliphatic rings. The largest absolute Gasteiger partial charge is 0.355 e. The Morgan fingerprint density at radius 3 is 2.65 bits per heavy atom. The van der Waals surface area contributed by atoms with Gasteiger partial charge in [-0.2, -0.15) is 0 Å². The molecule has 2 aromatic rings. The van der Waals surface area contributed by atoms with Crippen LogP contribution in [0.15, 0.2) is 27.2 Å². The number of nitrogens with one attached hydrogen (secondary N) is 3. The number of aryl methyl sites for hydroxylation is 2. The maximum Gasteiger partial charge on any atom is 0.251 e. The molecule has 0 aromatic carbocycles. The Hall–Kier alpha value is -1.97. The fourth-order valence-corrected chi connectivity index (χ4v) is 5.02. The SMILES string of the molecule is CCc1cc(-c2ccc(S(=O)(=O)CNCCNC(C)=O)s2)c(C)[nH]c1=O. The van der Waals surface area contributed by atoms with Crippen molar-refractivity contribution in [3.8, 4) is 10.4 Å². The van der Waals surface area contributed by atoms with Gasteiger partial charge in [-0.05, 0) is 31.5 Å². The number of hydrogen-bond acceptors (Lipinski definition) is 6. The molecule has 0 aliphatic heterocycles. The fourth-order valence-electron chi connectivity index (χ4n) is 2.42. The molecule has 0 bridgehead atoms. The van der Waals surface area contributed by atoms with Gasteiger partial charge in [0.05, 0.1) is 0 Å². The normalized spacial score (nSPS) is 11.5. The van der Waals surface area contributed by atoms with E-state index in [4.69, 9.17) is 0 Å². The number of thiophene rings is 1. The number of carbonyl (C=O) groups is 1. The molecular formula is C17H23N3O4S2. The molecule has 0 aliphatic carbocycles. The highest BCUT2D eigenvalue weighted by Crippen LogP contribution is 2.32. The topological polar surface area (TPSA) is 108 Å². The summed E-state index contributed by atoms with van der Waals surface area (Å²) in [6.45, 7) is 5.85. The van der Waals surface area contributed by atoms with Crippen molar-refractivity contribution in [1.82, 2.24) is 15.6 Å². The van der Waals surface area contributed by atoms with Gasteiger partial charge in [-0.3, -0.25) is 9.59 Å². The molecule has 0 atom stereocenters. The molecule has 26 heavy (non-hydrogen) atoms. The van der Waals surface area contributed by atoms with Gasteiger partial charge in [0, 0.05) is 41.7 Å². The van der Waals surface area contributed by atoms with Crippen molar-refractivity contribution in [2.24, 2.45) is 0 Å². The summed E-state index contributed by atoms with van der Waals surface area (Å²) in [6, 6.07) is 5.16. The van der Waals surface area contributed by atoms with Crippen LogP contribution in [0.3, 0.4) is 0 Å². The lowest BCUT2D eigenvalue weighted by Crippen LogP contribution is -2.32. The van der Waals surface area contributed by atoms with Gasteiger partial charge in [0.2, 0.25) is 15.7 Å². The molecule has 2 heterocycles. The van der Waals surface area contributed by atoms with E-state index in [9.17, 15) is 18.0 Å². The van der Waals surface area contributed by atoms with Crippen LogP contribution in [-0.2, 0) is 21.1 Å². The minimum Gasteiger partial charge on any atom is -0.355 e. The highest BCUT2D eigenvalue weighted by atomic mass is 32.2. The van der Waals surface area contributed by atoms with Crippen molar-refractivity contribution < 1.29 is 13.2 Å². The van der Waals surface area contributed by atoms with Crippen LogP contribution in [0.4, 0.5) is 0 Å². The molecule has 0 radical (unpaired) electrons. The highest BCUT2D eigenvalue weighted by Gasteiger charge is 2.18. The van der Waals surface area contributed by atoms with Crippen molar-refractivity contribution in [3.05, 3.63) is 39.8 Å². The third kappa shape index (κ3) is 5.03. The third-order valence-electron chi connectivity index (χ3n) is 3.82. The van der Waals surface area contributed by atoms with Crippen LogP contribution in [-0.4, -0.2) is 38.3 Å². The molecule has 0 saturated carbocycles. The summed E-state index contributed by atoms with van der Waals surface area (Å²) in [7, 11) is -3.46. The Bertz CT molecular complexity index is 945. The first-order valence-electron chi connectivity index (χ1n) is 8.25. The summed E-state index contributed by atoms with van der Waals surface area (Å²) in [5.41, 5.74) is 2.11. The molecule has 142 valence electrons. The summed E-state index contributed by atoms with van der Waals surface area (Å²) < 4.78 is 25.1. The Labute approximate surface area is 156 Å². The maximum atomic E-state index is 12.4. The molecule has 1 amide bonds. The Morgan fingerprint density at radius 2 is 2.00 bits per heavy atom. The lowest BCUT2D eigenvalue weighted by molar-refractivity contribution is -0.118. The van der Waals surface area contributed by atoms with Crippen molar-refractivity contribution >= 4 is 27.1 Å². The first-order valence-corrected chi connectivity index (χ1v) is 10.7. The van der Waals surface area contributed by atoms with Crippen LogP contribution < -0.4 is 16.2 Å². The van der Waals surface area contributed by atoms with Crippen LogP contribution in [0.5, 0.6) is 0 Å². The van der Waals surface area contributed by atoms with Crippen LogP contribution in [0.1, 0.15) is 25.1 Å². The van der Waals surface area contributed by atoms with E-state index in [1.807, 2.05) is 13.0 Å². The molecule has 3 N–H and O–H groups in total. The van der Waals surface area contributed by atoms with Gasteiger partial charge in [0.25, 0.3) is 5.56 Å². The van der Waals surface area contributed by atoms with Gasteiger partial charge in [-0.25, -0.2) is 8.42 Å². The number of aromatic amines is 1. The first kappa shape index (κ1) is 20.3. The lowest BCUT2D eigenvalue weighted by atomic mass is 10.1. The van der Waals surface area contributed by atoms with Crippen molar-refractivity contribution in [1.29, 1.82) is 0 Å². The fraction of sp³-hybridized carbons (Fsp3) is 0.412. The second-order valence-electron chi connectivity index (χ2n) is 5.88. The predicted octanol–water partition coefficient (Wildman–Crippen LogP) is 1.43. The smallest absolute Gasteiger partial charge is 0.251 e. The number of amides is 1. The average molecular weight is 398 g/mol. The van der Waals surface area contributed by atoms with E-state index in [0.29, 0.717) is 30.8 Å². The van der Waals surface area contributed by atoms with E-state index in [1.165, 1.54) is 18.3 Å². The molecule has 7 nitrogen and oxygen atoms in total. The minimum atomic E-state index is -3.46. The molecular weight excluding hydrogens is 374 g/mol. The van der Waals surface area contributed by atoms with Gasteiger partial charge in [-0.15, -0.1) is 11.3 Å². The van der Waals surface area contributed by atoms with E-state index < -0.39 is 9.84 Å². The van der Waals surface area contributed by atoms with Crippen molar-refractivity contribution in [2.75, 3.05) is 19.0 Å². The molecule has 0 fully saturated rings. The van der Waals surface area contributed by atoms with E-state index >= 15 is 0 Å². The van der Waals surface area contributed by atoms with E-state index in [1.54, 1.807) is 19.1 Å². The zero-order chi connectivity index (χ0) is 19.3. The van der Waals surface area contributed by atoms with Gasteiger partial charge in [0.15, 0.2) is 0 Å². The number of H-pyrrole nitrogens is 1. The Balaban J connectivity index is 2.14. The van der Waals surface area contributed by atoms with Gasteiger partial charge < -0.3 is 15.6 Å². The zero-order valence-electron chi connectivity index (χ0n) is 15.0. The van der Waals surface area contributed by atoms with Gasteiger partial charge in [-0.1, -0.05) is 6.92 Å². The quantitative estimate of drug-likeness (QED) is 0.584. The molecule has 2 aromatic heterocycles. The molecule has 2 rings (SSSR count). The third-order valence-corrected chi connectivity index (χ3v) is 7.08. The number of pyridine rings is 1. The Morgan fingerprint density at radius 1 is 1.27 bits per heavy atom. The summed E-state index contributed by atoms with van der Waals surface area (Å²) >= 11 is 1.18. The first-order chi connectivity index (χ1) is 12.2. The lowest BCUT2D eigenvalue weighted by Gasteiger charge is -2.06. The average Bonchev–Trinajstić information content (AvgIpc) is 3.05. The van der Waals surface area contributed by atoms with E-state index in [-0.39, 0.29) is 21.6 Å². The van der Waals surface area contributed by atoms with Crippen molar-refractivity contribution in [2.45, 2.75) is 31.4 Å². The second-order valence-corrected chi connectivity index (χ2v) is 9.18. The summed E-state index contributed by atoms with van der Waals surface area (Å²) in [4.78, 5) is 26.2. The molecule has 0 spiro atoms. The number of hydrogen-bond donors (Lipinski definition) is 3. The predicted molar refractivity (Wildman–Crippen MR) is 103 cm³/mol. The summed E-state index contributed by atoms with van der Waals surface area (Å²) in [5.74, 6) is -0.350. The van der Waals surface area contributed by atoms with Gasteiger partial charge in [0.1, 0.15) is 10.1 Å². The zero-order valence-corrected chi connectivity index (χ0v) is 16.6. The van der Waals surface area contributed by atoms with Crippen LogP contribution in [0, 0.1) is 6.92 Å². The van der Waals surface area contributed by atoms with Crippen LogP contribution in [0.2, 0.25) is 0 Å². The van der Waals surface area contributed by atoms with Crippen LogP contribution >= 0.6 is 11.3 Å². The number of carbonyl (C=O) groups excluding carboxylic acids is 1. The van der Waals surface area contributed by atoms with Gasteiger partial charge >= 0.3 is 0 Å². The number of aromatic nitrogens is 1. The number of rotatable bonds is 8. The van der Waals surface area contributed by atoms with E-state index in [0.717, 1.165) is 10.4 Å². The summed E-state index contributed by atoms with van der Waals surface area (Å²) in [6.07, 6.45) is 0.608.